The van der Waals surface area contributed by atoms with Crippen LogP contribution in [-0.2, 0) is 4.79 Å². The molecule has 0 radical (unpaired) electrons. The first-order valence-corrected chi connectivity index (χ1v) is 10.1. The zero-order valence-electron chi connectivity index (χ0n) is 16.9. The Morgan fingerprint density at radius 1 is 1.28 bits per heavy atom. The summed E-state index contributed by atoms with van der Waals surface area (Å²) in [5.41, 5.74) is 1.28. The molecule has 1 aromatic rings. The number of hydrogen-bond donors (Lipinski definition) is 2. The molecule has 1 fully saturated rings. The summed E-state index contributed by atoms with van der Waals surface area (Å²) in [4.78, 5) is 27.0. The van der Waals surface area contributed by atoms with Crippen LogP contribution in [-0.4, -0.2) is 41.5 Å². The van der Waals surface area contributed by atoms with Gasteiger partial charge >= 0.3 is 6.03 Å². The molecule has 1 aromatic carbocycles. The number of urea groups is 1. The molecule has 7 heteroatoms. The Morgan fingerprint density at radius 2 is 1.97 bits per heavy atom. The van der Waals surface area contributed by atoms with E-state index in [0.29, 0.717) is 38.8 Å². The van der Waals surface area contributed by atoms with E-state index in [1.165, 1.54) is 12.1 Å². The number of amides is 3. The Balaban J connectivity index is 1.60. The van der Waals surface area contributed by atoms with Crippen molar-refractivity contribution in [2.24, 2.45) is 5.92 Å². The molecule has 0 bridgehead atoms. The van der Waals surface area contributed by atoms with Gasteiger partial charge in [0, 0.05) is 13.1 Å². The molecule has 29 heavy (non-hydrogen) atoms. The smallest absolute Gasteiger partial charge is 0.318 e. The van der Waals surface area contributed by atoms with Gasteiger partial charge in [0.05, 0.1) is 6.07 Å². The van der Waals surface area contributed by atoms with Gasteiger partial charge in [-0.25, -0.2) is 9.18 Å². The van der Waals surface area contributed by atoms with Crippen LogP contribution in [0.15, 0.2) is 30.3 Å². The zero-order valence-corrected chi connectivity index (χ0v) is 16.9. The van der Waals surface area contributed by atoms with Crippen LogP contribution >= 0.6 is 0 Å². The van der Waals surface area contributed by atoms with Gasteiger partial charge in [-0.1, -0.05) is 32.1 Å². The molecule has 1 aliphatic heterocycles. The van der Waals surface area contributed by atoms with Crippen molar-refractivity contribution in [3.05, 3.63) is 41.7 Å². The van der Waals surface area contributed by atoms with E-state index in [0.717, 1.165) is 11.1 Å². The number of nitrogens with one attached hydrogen (secondary N) is 2. The maximum Gasteiger partial charge on any atom is 0.318 e. The number of nitrogens with zero attached hydrogens (tertiary/aromatic N) is 2. The predicted octanol–water partition coefficient (Wildman–Crippen LogP) is 3.21. The number of carbonyl (C=O) groups is 2. The second-order valence-electron chi connectivity index (χ2n) is 8.25. The maximum absolute atomic E-state index is 13.1. The van der Waals surface area contributed by atoms with E-state index < -0.39 is 11.6 Å². The highest BCUT2D eigenvalue weighted by Crippen LogP contribution is 2.34. The third-order valence-electron chi connectivity index (χ3n) is 5.36. The van der Waals surface area contributed by atoms with E-state index in [1.54, 1.807) is 17.0 Å². The minimum atomic E-state index is -0.755. The van der Waals surface area contributed by atoms with Crippen molar-refractivity contribution in [1.29, 1.82) is 5.26 Å². The highest BCUT2D eigenvalue weighted by molar-refractivity contribution is 5.88. The summed E-state index contributed by atoms with van der Waals surface area (Å²) in [6, 6.07) is 7.52. The minimum absolute atomic E-state index is 0.217. The molecule has 1 unspecified atom stereocenters. The molecule has 0 saturated heterocycles. The van der Waals surface area contributed by atoms with Crippen LogP contribution < -0.4 is 10.6 Å². The Kier molecular flexibility index (Phi) is 6.21. The molecule has 3 amide bonds. The standard InChI is InChI=1S/C22H27FN4O2/c1-15(2)13-19(20(28)26-22(14-24)9-10-22)25-21(29)27-11-7-17(8-12-27)16-3-5-18(23)6-4-16/h3-7,15,19H,8-13H2,1-2H3,(H,25,29)(H,26,28). The number of hydrogen-bond acceptors (Lipinski definition) is 3. The summed E-state index contributed by atoms with van der Waals surface area (Å²) >= 11 is 0. The summed E-state index contributed by atoms with van der Waals surface area (Å²) < 4.78 is 13.1. The van der Waals surface area contributed by atoms with E-state index in [-0.39, 0.29) is 23.7 Å². The van der Waals surface area contributed by atoms with Gasteiger partial charge < -0.3 is 15.5 Å². The first kappa shape index (κ1) is 20.8. The molecule has 0 aromatic heterocycles. The molecule has 1 saturated carbocycles. The Bertz CT molecular complexity index is 837. The van der Waals surface area contributed by atoms with E-state index in [1.807, 2.05) is 19.9 Å². The quantitative estimate of drug-likeness (QED) is 0.772. The molecule has 1 heterocycles. The first-order chi connectivity index (χ1) is 13.8. The Labute approximate surface area is 170 Å². The number of carbonyl (C=O) groups excluding carboxylic acids is 2. The normalized spacial score (nSPS) is 18.4. The lowest BCUT2D eigenvalue weighted by atomic mass is 9.99. The van der Waals surface area contributed by atoms with Gasteiger partial charge in [0.25, 0.3) is 0 Å². The molecule has 1 atom stereocenters. The van der Waals surface area contributed by atoms with Crippen LogP contribution in [0.2, 0.25) is 0 Å². The molecule has 2 N–H and O–H groups in total. The van der Waals surface area contributed by atoms with Gasteiger partial charge in [0.1, 0.15) is 17.4 Å². The van der Waals surface area contributed by atoms with E-state index >= 15 is 0 Å². The highest BCUT2D eigenvalue weighted by Gasteiger charge is 2.45. The van der Waals surface area contributed by atoms with Crippen molar-refractivity contribution < 1.29 is 14.0 Å². The van der Waals surface area contributed by atoms with Crippen molar-refractivity contribution >= 4 is 17.5 Å². The number of rotatable bonds is 6. The predicted molar refractivity (Wildman–Crippen MR) is 108 cm³/mol. The molecule has 1 aliphatic carbocycles. The molecular weight excluding hydrogens is 371 g/mol. The molecule has 2 aliphatic rings. The van der Waals surface area contributed by atoms with Crippen molar-refractivity contribution in [3.63, 3.8) is 0 Å². The van der Waals surface area contributed by atoms with Gasteiger partial charge in [-0.15, -0.1) is 0 Å². The number of benzene rings is 1. The van der Waals surface area contributed by atoms with E-state index in [2.05, 4.69) is 16.7 Å². The Morgan fingerprint density at radius 3 is 2.48 bits per heavy atom. The third-order valence-corrected chi connectivity index (χ3v) is 5.36. The molecular formula is C22H27FN4O2. The van der Waals surface area contributed by atoms with Crippen LogP contribution in [0.3, 0.4) is 0 Å². The lowest BCUT2D eigenvalue weighted by Crippen LogP contribution is -2.54. The van der Waals surface area contributed by atoms with Gasteiger partial charge in [-0.2, -0.15) is 5.26 Å². The third kappa shape index (κ3) is 5.35. The van der Waals surface area contributed by atoms with Crippen molar-refractivity contribution in [2.45, 2.75) is 51.1 Å². The fourth-order valence-corrected chi connectivity index (χ4v) is 3.44. The van der Waals surface area contributed by atoms with Crippen molar-refractivity contribution in [1.82, 2.24) is 15.5 Å². The molecule has 154 valence electrons. The lowest BCUT2D eigenvalue weighted by molar-refractivity contribution is -0.123. The monoisotopic (exact) mass is 398 g/mol. The first-order valence-electron chi connectivity index (χ1n) is 10.1. The van der Waals surface area contributed by atoms with Gasteiger partial charge in [-0.05, 0) is 54.9 Å². The maximum atomic E-state index is 13.1. The SMILES string of the molecule is CC(C)CC(NC(=O)N1CC=C(c2ccc(F)cc2)CC1)C(=O)NC1(C#N)CC1. The average Bonchev–Trinajstić information content (AvgIpc) is 3.47. The second kappa shape index (κ2) is 8.64. The van der Waals surface area contributed by atoms with Crippen LogP contribution in [0.25, 0.3) is 5.57 Å². The fourth-order valence-electron chi connectivity index (χ4n) is 3.44. The van der Waals surface area contributed by atoms with E-state index in [4.69, 9.17) is 0 Å². The van der Waals surface area contributed by atoms with Crippen LogP contribution in [0, 0.1) is 23.1 Å². The van der Waals surface area contributed by atoms with Crippen LogP contribution in [0.1, 0.15) is 45.1 Å². The van der Waals surface area contributed by atoms with Crippen molar-refractivity contribution in [3.8, 4) is 6.07 Å². The Hall–Kier alpha value is -2.88. The average molecular weight is 398 g/mol. The highest BCUT2D eigenvalue weighted by atomic mass is 19.1. The van der Waals surface area contributed by atoms with E-state index in [9.17, 15) is 19.2 Å². The largest absolute Gasteiger partial charge is 0.336 e. The second-order valence-corrected chi connectivity index (χ2v) is 8.25. The lowest BCUT2D eigenvalue weighted by Gasteiger charge is -2.29. The summed E-state index contributed by atoms with van der Waals surface area (Å²) in [5.74, 6) is -0.356. The molecule has 6 nitrogen and oxygen atoms in total. The summed E-state index contributed by atoms with van der Waals surface area (Å²) in [6.07, 6.45) is 4.44. The fraction of sp³-hybridized carbons (Fsp3) is 0.500. The zero-order chi connectivity index (χ0) is 21.0. The summed E-state index contributed by atoms with van der Waals surface area (Å²) in [7, 11) is 0. The molecule has 3 rings (SSSR count). The van der Waals surface area contributed by atoms with Crippen LogP contribution in [0.5, 0.6) is 0 Å². The van der Waals surface area contributed by atoms with Crippen molar-refractivity contribution in [2.75, 3.05) is 13.1 Å². The summed E-state index contributed by atoms with van der Waals surface area (Å²) in [6.45, 7) is 4.92. The van der Waals surface area contributed by atoms with Gasteiger partial charge in [0.15, 0.2) is 0 Å². The number of halogens is 1. The van der Waals surface area contributed by atoms with Crippen LogP contribution in [0.4, 0.5) is 9.18 Å². The van der Waals surface area contributed by atoms with Gasteiger partial charge in [0.2, 0.25) is 5.91 Å². The topological polar surface area (TPSA) is 85.2 Å². The minimum Gasteiger partial charge on any atom is -0.336 e. The number of nitriles is 1. The summed E-state index contributed by atoms with van der Waals surface area (Å²) in [5, 5.41) is 14.8. The molecule has 0 spiro atoms. The van der Waals surface area contributed by atoms with Gasteiger partial charge in [-0.3, -0.25) is 4.79 Å².